The van der Waals surface area contributed by atoms with Crippen LogP contribution in [0.2, 0.25) is 0 Å². The van der Waals surface area contributed by atoms with E-state index in [-0.39, 0.29) is 6.61 Å². The SMILES string of the molecule is C=CCNc1ncnc2c1ncn2[C@@H]1O[C@@H](CO)[C@@H](O)[C@@H]1O. The standard InChI is InChI=1S/C13H17N5O4/c1-2-3-14-11-8-12(16-5-15-11)18(6-17-8)13-10(21)9(20)7(4-19)22-13/h2,5-7,9-10,13,19-21H,1,3-4H2,(H,14,15,16)/t7-,9+,10-,13+/m0/s1. The molecule has 1 saturated heterocycles. The van der Waals surface area contributed by atoms with Crippen LogP contribution in [0.3, 0.4) is 0 Å². The van der Waals surface area contributed by atoms with Gasteiger partial charge >= 0.3 is 0 Å². The van der Waals surface area contributed by atoms with Crippen molar-refractivity contribution in [3.8, 4) is 0 Å². The highest BCUT2D eigenvalue weighted by Gasteiger charge is 2.43. The van der Waals surface area contributed by atoms with Gasteiger partial charge in [0.1, 0.15) is 24.6 Å². The van der Waals surface area contributed by atoms with Gasteiger partial charge in [0, 0.05) is 6.54 Å². The molecule has 3 rings (SSSR count). The molecule has 1 fully saturated rings. The molecule has 0 saturated carbocycles. The molecular weight excluding hydrogens is 290 g/mol. The third-order valence-electron chi connectivity index (χ3n) is 3.56. The molecule has 2 aromatic rings. The van der Waals surface area contributed by atoms with Crippen LogP contribution in [0.25, 0.3) is 11.2 Å². The van der Waals surface area contributed by atoms with Crippen LogP contribution < -0.4 is 5.32 Å². The van der Waals surface area contributed by atoms with Crippen LogP contribution >= 0.6 is 0 Å². The van der Waals surface area contributed by atoms with E-state index in [1.807, 2.05) is 0 Å². The van der Waals surface area contributed by atoms with Crippen molar-refractivity contribution < 1.29 is 20.1 Å². The summed E-state index contributed by atoms with van der Waals surface area (Å²) in [5, 5.41) is 32.1. The van der Waals surface area contributed by atoms with Gasteiger partial charge in [-0.2, -0.15) is 0 Å². The minimum absolute atomic E-state index is 0.386. The number of aliphatic hydroxyl groups is 3. The highest BCUT2D eigenvalue weighted by Crippen LogP contribution is 2.31. The van der Waals surface area contributed by atoms with Gasteiger partial charge in [0.15, 0.2) is 23.2 Å². The Labute approximate surface area is 125 Å². The van der Waals surface area contributed by atoms with E-state index in [0.717, 1.165) is 0 Å². The molecule has 2 aromatic heterocycles. The fourth-order valence-electron chi connectivity index (χ4n) is 2.45. The zero-order chi connectivity index (χ0) is 15.7. The summed E-state index contributed by atoms with van der Waals surface area (Å²) in [5.74, 6) is 0.537. The van der Waals surface area contributed by atoms with Crippen molar-refractivity contribution in [2.24, 2.45) is 0 Å². The van der Waals surface area contributed by atoms with Crippen LogP contribution in [-0.2, 0) is 4.74 Å². The van der Waals surface area contributed by atoms with Crippen molar-refractivity contribution >= 4 is 17.0 Å². The molecule has 0 spiro atoms. The number of ether oxygens (including phenoxy) is 1. The molecule has 0 radical (unpaired) electrons. The highest BCUT2D eigenvalue weighted by atomic mass is 16.6. The van der Waals surface area contributed by atoms with Gasteiger partial charge in [-0.25, -0.2) is 15.0 Å². The first-order chi connectivity index (χ1) is 10.7. The molecule has 118 valence electrons. The molecule has 9 heteroatoms. The van der Waals surface area contributed by atoms with Crippen molar-refractivity contribution in [2.75, 3.05) is 18.5 Å². The first kappa shape index (κ1) is 14.9. The average Bonchev–Trinajstić information content (AvgIpc) is 3.08. The van der Waals surface area contributed by atoms with Crippen LogP contribution in [0.4, 0.5) is 5.82 Å². The summed E-state index contributed by atoms with van der Waals surface area (Å²) in [4.78, 5) is 12.5. The molecule has 9 nitrogen and oxygen atoms in total. The van der Waals surface area contributed by atoms with Crippen molar-refractivity contribution in [1.82, 2.24) is 19.5 Å². The lowest BCUT2D eigenvalue weighted by Gasteiger charge is -2.16. The normalized spacial score (nSPS) is 28.1. The number of fused-ring (bicyclic) bond motifs is 1. The van der Waals surface area contributed by atoms with Gasteiger partial charge in [-0.15, -0.1) is 6.58 Å². The molecule has 22 heavy (non-hydrogen) atoms. The Hall–Kier alpha value is -2.07. The van der Waals surface area contributed by atoms with E-state index in [2.05, 4.69) is 26.8 Å². The van der Waals surface area contributed by atoms with E-state index in [0.29, 0.717) is 23.5 Å². The van der Waals surface area contributed by atoms with E-state index in [9.17, 15) is 10.2 Å². The Kier molecular flexibility index (Phi) is 4.03. The largest absolute Gasteiger partial charge is 0.394 e. The third kappa shape index (κ3) is 2.33. The molecule has 0 bridgehead atoms. The predicted octanol–water partition coefficient (Wildman–Crippen LogP) is -0.964. The molecule has 4 N–H and O–H groups in total. The number of nitrogens with one attached hydrogen (secondary N) is 1. The fourth-order valence-corrected chi connectivity index (χ4v) is 2.45. The quantitative estimate of drug-likeness (QED) is 0.520. The number of rotatable bonds is 5. The van der Waals surface area contributed by atoms with Crippen molar-refractivity contribution in [1.29, 1.82) is 0 Å². The number of hydrogen-bond acceptors (Lipinski definition) is 8. The Morgan fingerprint density at radius 3 is 2.82 bits per heavy atom. The fraction of sp³-hybridized carbons (Fsp3) is 0.462. The summed E-state index contributed by atoms with van der Waals surface area (Å²) in [6.45, 7) is 3.76. The summed E-state index contributed by atoms with van der Waals surface area (Å²) in [6, 6.07) is 0. The summed E-state index contributed by atoms with van der Waals surface area (Å²) < 4.78 is 7.00. The summed E-state index contributed by atoms with van der Waals surface area (Å²) in [5.41, 5.74) is 0.971. The number of imidazole rings is 1. The molecule has 1 aliphatic heterocycles. The van der Waals surface area contributed by atoms with E-state index in [1.54, 1.807) is 6.08 Å². The lowest BCUT2D eigenvalue weighted by molar-refractivity contribution is -0.0511. The number of aliphatic hydroxyl groups excluding tert-OH is 3. The molecule has 0 aromatic carbocycles. The summed E-state index contributed by atoms with van der Waals surface area (Å²) >= 11 is 0. The second-order valence-electron chi connectivity index (χ2n) is 4.94. The number of nitrogens with zero attached hydrogens (tertiary/aromatic N) is 4. The Bertz CT molecular complexity index is 675. The Morgan fingerprint density at radius 1 is 1.32 bits per heavy atom. The molecule has 1 aliphatic rings. The van der Waals surface area contributed by atoms with E-state index in [1.165, 1.54) is 17.2 Å². The zero-order valence-electron chi connectivity index (χ0n) is 11.7. The van der Waals surface area contributed by atoms with Crippen LogP contribution in [0.5, 0.6) is 0 Å². The first-order valence-corrected chi connectivity index (χ1v) is 6.82. The molecule has 4 atom stereocenters. The van der Waals surface area contributed by atoms with Crippen LogP contribution in [0, 0.1) is 0 Å². The van der Waals surface area contributed by atoms with Crippen molar-refractivity contribution in [2.45, 2.75) is 24.5 Å². The van der Waals surface area contributed by atoms with Gasteiger partial charge in [-0.1, -0.05) is 6.08 Å². The maximum Gasteiger partial charge on any atom is 0.167 e. The maximum absolute atomic E-state index is 10.1. The number of aromatic nitrogens is 4. The molecular formula is C13H17N5O4. The van der Waals surface area contributed by atoms with Crippen LogP contribution in [0.1, 0.15) is 6.23 Å². The second-order valence-corrected chi connectivity index (χ2v) is 4.94. The second kappa shape index (κ2) is 5.97. The lowest BCUT2D eigenvalue weighted by atomic mass is 10.1. The predicted molar refractivity (Wildman–Crippen MR) is 77.0 cm³/mol. The minimum atomic E-state index is -1.19. The first-order valence-electron chi connectivity index (χ1n) is 6.82. The Morgan fingerprint density at radius 2 is 2.14 bits per heavy atom. The summed E-state index contributed by atoms with van der Waals surface area (Å²) in [6.07, 6.45) is 0.432. The molecule has 0 amide bonds. The number of hydrogen-bond donors (Lipinski definition) is 4. The number of anilines is 1. The van der Waals surface area contributed by atoms with Gasteiger partial charge in [-0.3, -0.25) is 4.57 Å². The van der Waals surface area contributed by atoms with Crippen molar-refractivity contribution in [3.63, 3.8) is 0 Å². The van der Waals surface area contributed by atoms with E-state index in [4.69, 9.17) is 9.84 Å². The van der Waals surface area contributed by atoms with Crippen LogP contribution in [0.15, 0.2) is 25.3 Å². The average molecular weight is 307 g/mol. The van der Waals surface area contributed by atoms with Gasteiger partial charge in [0.2, 0.25) is 0 Å². The molecule has 0 aliphatic carbocycles. The monoisotopic (exact) mass is 307 g/mol. The zero-order valence-corrected chi connectivity index (χ0v) is 11.7. The van der Waals surface area contributed by atoms with Gasteiger partial charge in [0.25, 0.3) is 0 Å². The van der Waals surface area contributed by atoms with Gasteiger partial charge < -0.3 is 25.4 Å². The molecule has 0 unspecified atom stereocenters. The van der Waals surface area contributed by atoms with Crippen LogP contribution in [-0.4, -0.2) is 66.3 Å². The van der Waals surface area contributed by atoms with Crippen molar-refractivity contribution in [3.05, 3.63) is 25.3 Å². The van der Waals surface area contributed by atoms with Gasteiger partial charge in [0.05, 0.1) is 12.9 Å². The lowest BCUT2D eigenvalue weighted by Crippen LogP contribution is -2.33. The van der Waals surface area contributed by atoms with Gasteiger partial charge in [-0.05, 0) is 0 Å². The highest BCUT2D eigenvalue weighted by molar-refractivity contribution is 5.82. The van der Waals surface area contributed by atoms with E-state index >= 15 is 0 Å². The maximum atomic E-state index is 10.1. The minimum Gasteiger partial charge on any atom is -0.394 e. The third-order valence-corrected chi connectivity index (χ3v) is 3.56. The molecule has 3 heterocycles. The Balaban J connectivity index is 1.97. The topological polar surface area (TPSA) is 126 Å². The van der Waals surface area contributed by atoms with E-state index < -0.39 is 24.5 Å². The smallest absolute Gasteiger partial charge is 0.167 e. The summed E-state index contributed by atoms with van der Waals surface area (Å²) in [7, 11) is 0.